The van der Waals surface area contributed by atoms with Crippen LogP contribution in [0.1, 0.15) is 12.5 Å². The van der Waals surface area contributed by atoms with E-state index in [1.807, 2.05) is 13.0 Å². The maximum absolute atomic E-state index is 13.9. The number of nitriles is 1. The Balaban J connectivity index is 2.49. The minimum absolute atomic E-state index is 0.301. The van der Waals surface area contributed by atoms with Gasteiger partial charge in [0.2, 0.25) is 0 Å². The van der Waals surface area contributed by atoms with Gasteiger partial charge in [0.15, 0.2) is 0 Å². The van der Waals surface area contributed by atoms with E-state index in [2.05, 4.69) is 0 Å². The van der Waals surface area contributed by atoms with Gasteiger partial charge in [-0.05, 0) is 37.3 Å². The lowest BCUT2D eigenvalue weighted by Gasteiger charge is -2.24. The zero-order valence-electron chi connectivity index (χ0n) is 10.4. The van der Waals surface area contributed by atoms with Crippen molar-refractivity contribution >= 4 is 23.0 Å². The van der Waals surface area contributed by atoms with E-state index in [1.54, 1.807) is 41.3 Å². The Kier molecular flexibility index (Phi) is 4.03. The van der Waals surface area contributed by atoms with Crippen molar-refractivity contribution in [2.45, 2.75) is 6.92 Å². The monoisotopic (exact) mass is 274 g/mol. The number of hydrogen-bond acceptors (Lipinski definition) is 2. The minimum atomic E-state index is -0.301. The van der Waals surface area contributed by atoms with Gasteiger partial charge in [-0.3, -0.25) is 0 Å². The summed E-state index contributed by atoms with van der Waals surface area (Å²) in [5, 5.41) is 9.26. The van der Waals surface area contributed by atoms with Crippen molar-refractivity contribution in [3.8, 4) is 6.07 Å². The largest absolute Gasteiger partial charge is 0.338 e. The van der Waals surface area contributed by atoms with E-state index >= 15 is 0 Å². The Morgan fingerprint density at radius 1 is 1.21 bits per heavy atom. The van der Waals surface area contributed by atoms with Crippen LogP contribution in [-0.2, 0) is 0 Å². The molecule has 4 heteroatoms. The van der Waals surface area contributed by atoms with Crippen LogP contribution in [-0.4, -0.2) is 6.54 Å². The Morgan fingerprint density at radius 3 is 2.53 bits per heavy atom. The SMILES string of the molecule is CCN(c1ccccc1F)c1ccc(C#N)cc1Cl. The Bertz CT molecular complexity index is 634. The minimum Gasteiger partial charge on any atom is -0.338 e. The summed E-state index contributed by atoms with van der Waals surface area (Å²) in [4.78, 5) is 1.78. The summed E-state index contributed by atoms with van der Waals surface area (Å²) in [7, 11) is 0. The van der Waals surface area contributed by atoms with Crippen LogP contribution in [0, 0.1) is 17.1 Å². The molecule has 0 amide bonds. The zero-order chi connectivity index (χ0) is 13.8. The fraction of sp³-hybridized carbons (Fsp3) is 0.133. The molecule has 0 aliphatic rings. The Hall–Kier alpha value is -2.05. The molecule has 2 rings (SSSR count). The molecule has 2 nitrogen and oxygen atoms in total. The van der Waals surface area contributed by atoms with Crippen LogP contribution < -0.4 is 4.90 Å². The van der Waals surface area contributed by atoms with Crippen molar-refractivity contribution in [1.82, 2.24) is 0 Å². The molecule has 0 bridgehead atoms. The first-order valence-corrected chi connectivity index (χ1v) is 6.27. The highest BCUT2D eigenvalue weighted by molar-refractivity contribution is 6.33. The first kappa shape index (κ1) is 13.4. The van der Waals surface area contributed by atoms with Gasteiger partial charge in [-0.1, -0.05) is 23.7 Å². The smallest absolute Gasteiger partial charge is 0.146 e. The third-order valence-electron chi connectivity index (χ3n) is 2.83. The van der Waals surface area contributed by atoms with E-state index in [4.69, 9.17) is 16.9 Å². The standard InChI is InChI=1S/C15H12ClFN2/c1-2-19(15-6-4-3-5-13(15)17)14-8-7-11(10-18)9-12(14)16/h3-9H,2H2,1H3. The summed E-state index contributed by atoms with van der Waals surface area (Å²) in [6.07, 6.45) is 0. The third kappa shape index (κ3) is 2.69. The van der Waals surface area contributed by atoms with Crippen molar-refractivity contribution in [3.63, 3.8) is 0 Å². The molecule has 0 N–H and O–H groups in total. The predicted octanol–water partition coefficient (Wildman–Crippen LogP) is 4.51. The number of hydrogen-bond donors (Lipinski definition) is 0. The molecule has 0 aliphatic carbocycles. The van der Waals surface area contributed by atoms with Gasteiger partial charge in [-0.15, -0.1) is 0 Å². The van der Waals surface area contributed by atoms with Crippen LogP contribution >= 0.6 is 11.6 Å². The predicted molar refractivity (Wildman–Crippen MR) is 75.2 cm³/mol. The molecule has 19 heavy (non-hydrogen) atoms. The highest BCUT2D eigenvalue weighted by Gasteiger charge is 2.14. The second kappa shape index (κ2) is 5.73. The fourth-order valence-electron chi connectivity index (χ4n) is 1.94. The zero-order valence-corrected chi connectivity index (χ0v) is 11.2. The van der Waals surface area contributed by atoms with Crippen molar-refractivity contribution in [1.29, 1.82) is 5.26 Å². The van der Waals surface area contributed by atoms with Gasteiger partial charge >= 0.3 is 0 Å². The van der Waals surface area contributed by atoms with Crippen LogP contribution in [0.2, 0.25) is 5.02 Å². The first-order chi connectivity index (χ1) is 9.17. The normalized spacial score (nSPS) is 10.0. The second-order valence-corrected chi connectivity index (χ2v) is 4.38. The van der Waals surface area contributed by atoms with E-state index in [0.717, 1.165) is 0 Å². The van der Waals surface area contributed by atoms with Crippen molar-refractivity contribution < 1.29 is 4.39 Å². The van der Waals surface area contributed by atoms with Crippen LogP contribution in [0.15, 0.2) is 42.5 Å². The Morgan fingerprint density at radius 2 is 1.95 bits per heavy atom. The van der Waals surface area contributed by atoms with E-state index in [-0.39, 0.29) is 5.82 Å². The van der Waals surface area contributed by atoms with Crippen LogP contribution in [0.25, 0.3) is 0 Å². The molecule has 0 unspecified atom stereocenters. The molecule has 0 aliphatic heterocycles. The molecule has 0 saturated carbocycles. The topological polar surface area (TPSA) is 27.0 Å². The summed E-state index contributed by atoms with van der Waals surface area (Å²) in [6, 6.07) is 13.6. The lowest BCUT2D eigenvalue weighted by Crippen LogP contribution is -2.17. The molecule has 0 heterocycles. The van der Waals surface area contributed by atoms with Crippen LogP contribution in [0.5, 0.6) is 0 Å². The quantitative estimate of drug-likeness (QED) is 0.823. The summed E-state index contributed by atoms with van der Waals surface area (Å²) < 4.78 is 13.9. The van der Waals surface area contributed by atoms with E-state index in [0.29, 0.717) is 28.5 Å². The summed E-state index contributed by atoms with van der Waals surface area (Å²) in [5.41, 5.74) is 1.64. The maximum atomic E-state index is 13.9. The van der Waals surface area contributed by atoms with Crippen LogP contribution in [0.4, 0.5) is 15.8 Å². The van der Waals surface area contributed by atoms with E-state index in [9.17, 15) is 4.39 Å². The number of benzene rings is 2. The molecule has 0 fully saturated rings. The third-order valence-corrected chi connectivity index (χ3v) is 3.13. The molecule has 0 radical (unpaired) electrons. The van der Waals surface area contributed by atoms with Gasteiger partial charge in [0.25, 0.3) is 0 Å². The molecule has 2 aromatic rings. The van der Waals surface area contributed by atoms with Gasteiger partial charge in [0.1, 0.15) is 5.82 Å². The fourth-order valence-corrected chi connectivity index (χ4v) is 2.22. The van der Waals surface area contributed by atoms with Gasteiger partial charge < -0.3 is 4.90 Å². The molecule has 2 aromatic carbocycles. The lowest BCUT2D eigenvalue weighted by molar-refractivity contribution is 0.625. The van der Waals surface area contributed by atoms with Crippen molar-refractivity contribution in [2.24, 2.45) is 0 Å². The summed E-state index contributed by atoms with van der Waals surface area (Å²) >= 11 is 6.17. The van der Waals surface area contributed by atoms with E-state index < -0.39 is 0 Å². The van der Waals surface area contributed by atoms with Gasteiger partial charge in [0.05, 0.1) is 28.0 Å². The van der Waals surface area contributed by atoms with Gasteiger partial charge in [-0.25, -0.2) is 4.39 Å². The highest BCUT2D eigenvalue weighted by atomic mass is 35.5. The number of rotatable bonds is 3. The lowest BCUT2D eigenvalue weighted by atomic mass is 10.2. The maximum Gasteiger partial charge on any atom is 0.146 e. The first-order valence-electron chi connectivity index (χ1n) is 5.89. The summed E-state index contributed by atoms with van der Waals surface area (Å²) in [6.45, 7) is 2.49. The molecule has 0 atom stereocenters. The average molecular weight is 275 g/mol. The molecule has 96 valence electrons. The van der Waals surface area contributed by atoms with Crippen molar-refractivity contribution in [2.75, 3.05) is 11.4 Å². The molecule has 0 spiro atoms. The number of anilines is 2. The molecular formula is C15H12ClFN2. The number of nitrogens with zero attached hydrogens (tertiary/aromatic N) is 2. The van der Waals surface area contributed by atoms with Crippen LogP contribution in [0.3, 0.4) is 0 Å². The van der Waals surface area contributed by atoms with Gasteiger partial charge in [0, 0.05) is 6.54 Å². The molecule has 0 saturated heterocycles. The molecular weight excluding hydrogens is 263 g/mol. The van der Waals surface area contributed by atoms with Gasteiger partial charge in [-0.2, -0.15) is 5.26 Å². The van der Waals surface area contributed by atoms with E-state index in [1.165, 1.54) is 6.07 Å². The van der Waals surface area contributed by atoms with Crippen molar-refractivity contribution in [3.05, 3.63) is 58.9 Å². The number of halogens is 2. The average Bonchev–Trinajstić information content (AvgIpc) is 2.43. The second-order valence-electron chi connectivity index (χ2n) is 3.97. The summed E-state index contributed by atoms with van der Waals surface area (Å²) in [5.74, 6) is -0.301. The number of para-hydroxylation sites is 1. The Labute approximate surface area is 116 Å². The highest BCUT2D eigenvalue weighted by Crippen LogP contribution is 2.33. The molecule has 0 aromatic heterocycles.